The minimum absolute atomic E-state index is 0.117. The molecule has 1 fully saturated rings. The van der Waals surface area contributed by atoms with Gasteiger partial charge in [-0.05, 0) is 58.6 Å². The molecule has 0 atom stereocenters. The average Bonchev–Trinajstić information content (AvgIpc) is 3.18. The smallest absolute Gasteiger partial charge is 0.206 e. The zero-order valence-electron chi connectivity index (χ0n) is 11.0. The van der Waals surface area contributed by atoms with Gasteiger partial charge in [-0.25, -0.2) is 8.42 Å². The van der Waals surface area contributed by atoms with Gasteiger partial charge in [-0.2, -0.15) is 4.31 Å². The average molecular weight is 407 g/mol. The number of benzene rings is 1. The predicted octanol–water partition coefficient (Wildman–Crippen LogP) is 4.52. The first-order valence-corrected chi connectivity index (χ1v) is 9.91. The van der Waals surface area contributed by atoms with Gasteiger partial charge in [0.25, 0.3) is 10.0 Å². The summed E-state index contributed by atoms with van der Waals surface area (Å²) in [5, 5.41) is 0.654. The van der Waals surface area contributed by atoms with Crippen molar-refractivity contribution in [2.45, 2.75) is 29.6 Å². The van der Waals surface area contributed by atoms with Crippen LogP contribution in [0.5, 0.6) is 0 Å². The molecule has 0 radical (unpaired) electrons. The summed E-state index contributed by atoms with van der Waals surface area (Å²) in [5.74, 6) is 0. The summed E-state index contributed by atoms with van der Waals surface area (Å²) in [6.45, 7) is 0.389. The molecule has 0 amide bonds. The Bertz CT molecular complexity index is 739. The van der Waals surface area contributed by atoms with Gasteiger partial charge in [0, 0.05) is 17.6 Å². The molecule has 0 unspecified atom stereocenters. The van der Waals surface area contributed by atoms with Crippen molar-refractivity contribution in [3.05, 3.63) is 50.8 Å². The maximum absolute atomic E-state index is 12.8. The van der Waals surface area contributed by atoms with E-state index < -0.39 is 10.0 Å². The predicted molar refractivity (Wildman–Crippen MR) is 89.2 cm³/mol. The lowest BCUT2D eigenvalue weighted by Gasteiger charge is -2.21. The Labute approximate surface area is 141 Å². The molecule has 3 rings (SSSR count). The Kier molecular flexibility index (Phi) is 4.43. The van der Waals surface area contributed by atoms with Gasteiger partial charge in [-0.15, -0.1) is 11.3 Å². The van der Waals surface area contributed by atoms with Crippen LogP contribution in [0.4, 0.5) is 0 Å². The van der Waals surface area contributed by atoms with Crippen LogP contribution in [0, 0.1) is 0 Å². The van der Waals surface area contributed by atoms with E-state index in [-0.39, 0.29) is 6.04 Å². The van der Waals surface area contributed by atoms with E-state index >= 15 is 0 Å². The molecular weight excluding hydrogens is 394 g/mol. The Morgan fingerprint density at radius 3 is 2.38 bits per heavy atom. The fourth-order valence-corrected chi connectivity index (χ4v) is 6.03. The minimum Gasteiger partial charge on any atom is -0.206 e. The van der Waals surface area contributed by atoms with E-state index in [4.69, 9.17) is 11.6 Å². The Morgan fingerprint density at radius 2 is 1.86 bits per heavy atom. The van der Waals surface area contributed by atoms with Crippen LogP contribution >= 0.6 is 38.9 Å². The van der Waals surface area contributed by atoms with Crippen LogP contribution in [-0.4, -0.2) is 18.8 Å². The van der Waals surface area contributed by atoms with E-state index in [1.165, 1.54) is 11.3 Å². The standard InChI is InChI=1S/C14H13BrClNO2S2/c15-13-7-8-14(20-13)21(18,19)17(12-5-6-12)9-10-1-3-11(16)4-2-10/h1-4,7-8,12H,5-6,9H2. The van der Waals surface area contributed by atoms with E-state index in [1.807, 2.05) is 12.1 Å². The van der Waals surface area contributed by atoms with Crippen LogP contribution in [0.1, 0.15) is 18.4 Å². The van der Waals surface area contributed by atoms with E-state index in [0.29, 0.717) is 15.8 Å². The normalized spacial score (nSPS) is 15.6. The number of hydrogen-bond acceptors (Lipinski definition) is 3. The highest BCUT2D eigenvalue weighted by Crippen LogP contribution is 2.36. The molecule has 3 nitrogen and oxygen atoms in total. The van der Waals surface area contributed by atoms with Crippen molar-refractivity contribution in [2.24, 2.45) is 0 Å². The van der Waals surface area contributed by atoms with Crippen LogP contribution in [0.15, 0.2) is 44.4 Å². The largest absolute Gasteiger partial charge is 0.253 e. The summed E-state index contributed by atoms with van der Waals surface area (Å²) >= 11 is 10.4. The molecule has 2 aromatic rings. The lowest BCUT2D eigenvalue weighted by molar-refractivity contribution is 0.400. The molecule has 1 aliphatic rings. The zero-order chi connectivity index (χ0) is 15.0. The first-order valence-electron chi connectivity index (χ1n) is 6.48. The maximum atomic E-state index is 12.8. The van der Waals surface area contributed by atoms with Gasteiger partial charge in [-0.3, -0.25) is 0 Å². The second kappa shape index (κ2) is 6.01. The first kappa shape index (κ1) is 15.5. The Hall–Kier alpha value is -0.400. The van der Waals surface area contributed by atoms with Crippen molar-refractivity contribution < 1.29 is 8.42 Å². The quantitative estimate of drug-likeness (QED) is 0.732. The summed E-state index contributed by atoms with van der Waals surface area (Å²) in [4.78, 5) is 0. The second-order valence-corrected chi connectivity index (χ2v) is 9.98. The van der Waals surface area contributed by atoms with Crippen LogP contribution in [0.2, 0.25) is 5.02 Å². The third kappa shape index (κ3) is 3.51. The van der Waals surface area contributed by atoms with E-state index in [9.17, 15) is 8.42 Å². The number of halogens is 2. The number of hydrogen-bond donors (Lipinski definition) is 0. The molecule has 7 heteroatoms. The van der Waals surface area contributed by atoms with Crippen LogP contribution < -0.4 is 0 Å². The fraction of sp³-hybridized carbons (Fsp3) is 0.286. The van der Waals surface area contributed by atoms with Crippen molar-refractivity contribution in [1.82, 2.24) is 4.31 Å². The van der Waals surface area contributed by atoms with Gasteiger partial charge >= 0.3 is 0 Å². The Balaban J connectivity index is 1.89. The SMILES string of the molecule is O=S(=O)(c1ccc(Br)s1)N(Cc1ccc(Cl)cc1)C1CC1. The molecule has 0 N–H and O–H groups in total. The number of sulfonamides is 1. The second-order valence-electron chi connectivity index (χ2n) is 4.97. The van der Waals surface area contributed by atoms with Crippen molar-refractivity contribution in [1.29, 1.82) is 0 Å². The molecule has 1 saturated carbocycles. The molecule has 0 saturated heterocycles. The third-order valence-corrected chi connectivity index (χ3v) is 7.56. The molecule has 0 aliphatic heterocycles. The highest BCUT2D eigenvalue weighted by atomic mass is 79.9. The van der Waals surface area contributed by atoms with Gasteiger partial charge in [0.2, 0.25) is 0 Å². The topological polar surface area (TPSA) is 37.4 Å². The molecule has 1 aromatic carbocycles. The summed E-state index contributed by atoms with van der Waals surface area (Å²) in [6, 6.07) is 10.9. The summed E-state index contributed by atoms with van der Waals surface area (Å²) in [5.41, 5.74) is 0.950. The molecule has 112 valence electrons. The van der Waals surface area contributed by atoms with Gasteiger partial charge in [0.1, 0.15) is 4.21 Å². The van der Waals surface area contributed by atoms with Crippen LogP contribution in [-0.2, 0) is 16.6 Å². The highest BCUT2D eigenvalue weighted by molar-refractivity contribution is 9.11. The molecule has 1 aliphatic carbocycles. The van der Waals surface area contributed by atoms with Gasteiger partial charge in [0.05, 0.1) is 3.79 Å². The van der Waals surface area contributed by atoms with Crippen molar-refractivity contribution in [2.75, 3.05) is 0 Å². The molecular formula is C14H13BrClNO2S2. The molecule has 0 bridgehead atoms. The number of nitrogens with zero attached hydrogens (tertiary/aromatic N) is 1. The van der Waals surface area contributed by atoms with Crippen molar-refractivity contribution >= 4 is 48.9 Å². The minimum atomic E-state index is -3.44. The summed E-state index contributed by atoms with van der Waals surface area (Å²) < 4.78 is 28.4. The Morgan fingerprint density at radius 1 is 1.19 bits per heavy atom. The lowest BCUT2D eigenvalue weighted by Crippen LogP contribution is -2.32. The monoisotopic (exact) mass is 405 g/mol. The van der Waals surface area contributed by atoms with Crippen LogP contribution in [0.3, 0.4) is 0 Å². The first-order chi connectivity index (χ1) is 9.96. The van der Waals surface area contributed by atoms with E-state index in [1.54, 1.807) is 28.6 Å². The highest BCUT2D eigenvalue weighted by Gasteiger charge is 2.38. The van der Waals surface area contributed by atoms with E-state index in [2.05, 4.69) is 15.9 Å². The zero-order valence-corrected chi connectivity index (χ0v) is 15.0. The molecule has 0 spiro atoms. The fourth-order valence-electron chi connectivity index (χ4n) is 2.09. The number of rotatable bonds is 5. The molecule has 1 aromatic heterocycles. The van der Waals surface area contributed by atoms with E-state index in [0.717, 1.165) is 22.2 Å². The van der Waals surface area contributed by atoms with Gasteiger partial charge in [0.15, 0.2) is 0 Å². The lowest BCUT2D eigenvalue weighted by atomic mass is 10.2. The van der Waals surface area contributed by atoms with Crippen molar-refractivity contribution in [3.63, 3.8) is 0 Å². The number of thiophene rings is 1. The molecule has 21 heavy (non-hydrogen) atoms. The van der Waals surface area contributed by atoms with Gasteiger partial charge in [-0.1, -0.05) is 23.7 Å². The maximum Gasteiger partial charge on any atom is 0.253 e. The van der Waals surface area contributed by atoms with Crippen molar-refractivity contribution in [3.8, 4) is 0 Å². The van der Waals surface area contributed by atoms with Gasteiger partial charge < -0.3 is 0 Å². The van der Waals surface area contributed by atoms with Crippen LogP contribution in [0.25, 0.3) is 0 Å². The third-order valence-electron chi connectivity index (χ3n) is 3.32. The molecule has 1 heterocycles. The summed E-state index contributed by atoms with van der Waals surface area (Å²) in [6.07, 6.45) is 1.86. The summed E-state index contributed by atoms with van der Waals surface area (Å²) in [7, 11) is -3.44.